The number of nitrogens with zero attached hydrogens (tertiary/aromatic N) is 2. The number of nitrogens with one attached hydrogen (secondary N) is 1. The molecule has 1 aromatic carbocycles. The predicted molar refractivity (Wildman–Crippen MR) is 99.4 cm³/mol. The highest BCUT2D eigenvalue weighted by Gasteiger charge is 2.24. The van der Waals surface area contributed by atoms with E-state index in [4.69, 9.17) is 4.74 Å². The molecule has 0 unspecified atom stereocenters. The van der Waals surface area contributed by atoms with Crippen LogP contribution >= 0.6 is 11.3 Å². The summed E-state index contributed by atoms with van der Waals surface area (Å²) in [6.07, 6.45) is 4.85. The normalized spacial score (nSPS) is 16.5. The van der Waals surface area contributed by atoms with Crippen molar-refractivity contribution in [1.82, 2.24) is 9.97 Å². The maximum absolute atomic E-state index is 11.4. The smallest absolute Gasteiger partial charge is 0.231 e. The van der Waals surface area contributed by atoms with Gasteiger partial charge in [0, 0.05) is 11.8 Å². The third-order valence-electron chi connectivity index (χ3n) is 4.46. The lowest BCUT2D eigenvalue weighted by Gasteiger charge is -2.18. The van der Waals surface area contributed by atoms with Crippen molar-refractivity contribution in [1.29, 1.82) is 0 Å². The number of carbonyl (C=O) groups is 1. The molecular weight excluding hydrogens is 334 g/mol. The number of ether oxygens (including phenoxy) is 1. The highest BCUT2D eigenvalue weighted by Crippen LogP contribution is 2.42. The van der Waals surface area contributed by atoms with Gasteiger partial charge in [0.15, 0.2) is 5.75 Å². The molecule has 4 rings (SSSR count). The Morgan fingerprint density at radius 1 is 1.32 bits per heavy atom. The highest BCUT2D eigenvalue weighted by molar-refractivity contribution is 7.18. The van der Waals surface area contributed by atoms with Crippen LogP contribution in [-0.2, 0) is 17.6 Å². The average Bonchev–Trinajstić information content (AvgIpc) is 2.94. The number of benzene rings is 1. The summed E-state index contributed by atoms with van der Waals surface area (Å²) in [6, 6.07) is 7.39. The molecule has 1 atom stereocenters. The largest absolute Gasteiger partial charge is 0.436 e. The molecule has 0 radical (unpaired) electrons. The molecule has 25 heavy (non-hydrogen) atoms. The summed E-state index contributed by atoms with van der Waals surface area (Å²) in [5, 5.41) is 3.82. The summed E-state index contributed by atoms with van der Waals surface area (Å²) >= 11 is 1.74. The Morgan fingerprint density at radius 2 is 2.16 bits per heavy atom. The topological polar surface area (TPSA) is 64.1 Å². The van der Waals surface area contributed by atoms with Crippen molar-refractivity contribution in [3.05, 3.63) is 41.0 Å². The average molecular weight is 353 g/mol. The van der Waals surface area contributed by atoms with Crippen molar-refractivity contribution in [2.75, 3.05) is 5.32 Å². The predicted octanol–water partition coefficient (Wildman–Crippen LogP) is 4.57. The van der Waals surface area contributed by atoms with Gasteiger partial charge < -0.3 is 10.1 Å². The van der Waals surface area contributed by atoms with Gasteiger partial charge in [-0.1, -0.05) is 19.1 Å². The number of amides is 1. The van der Waals surface area contributed by atoms with Crippen LogP contribution in [0.5, 0.6) is 11.6 Å². The lowest BCUT2D eigenvalue weighted by molar-refractivity contribution is -0.114. The number of hydrogen-bond donors (Lipinski definition) is 1. The van der Waals surface area contributed by atoms with Crippen LogP contribution in [0.2, 0.25) is 0 Å². The van der Waals surface area contributed by atoms with E-state index in [9.17, 15) is 4.79 Å². The zero-order chi connectivity index (χ0) is 17.4. The summed E-state index contributed by atoms with van der Waals surface area (Å²) in [5.74, 6) is 1.72. The Morgan fingerprint density at radius 3 is 3.00 bits per heavy atom. The zero-order valence-corrected chi connectivity index (χ0v) is 15.0. The standard InChI is InChI=1S/C19H19N3O2S/c1-11-7-8-13-16(9-11)25-19-17(13)18(20-10-21-19)24-15-6-4-3-5-14(15)22-12(2)23/h3-6,10-11H,7-9H2,1-2H3,(H,22,23)/t11-/m1/s1. The van der Waals surface area contributed by atoms with Crippen LogP contribution in [0, 0.1) is 5.92 Å². The molecule has 3 aromatic rings. The number of para-hydroxylation sites is 2. The fourth-order valence-corrected chi connectivity index (χ4v) is 4.62. The van der Waals surface area contributed by atoms with Crippen molar-refractivity contribution in [2.45, 2.75) is 33.1 Å². The van der Waals surface area contributed by atoms with Gasteiger partial charge in [-0.15, -0.1) is 11.3 Å². The molecule has 2 heterocycles. The molecule has 0 aliphatic heterocycles. The number of rotatable bonds is 3. The van der Waals surface area contributed by atoms with Crippen LogP contribution < -0.4 is 10.1 Å². The third kappa shape index (κ3) is 3.09. The van der Waals surface area contributed by atoms with Crippen LogP contribution in [0.4, 0.5) is 5.69 Å². The summed E-state index contributed by atoms with van der Waals surface area (Å²) < 4.78 is 6.12. The quantitative estimate of drug-likeness (QED) is 0.749. The van der Waals surface area contributed by atoms with Crippen LogP contribution in [-0.4, -0.2) is 15.9 Å². The van der Waals surface area contributed by atoms with Crippen LogP contribution in [0.3, 0.4) is 0 Å². The number of aryl methyl sites for hydroxylation is 1. The van der Waals surface area contributed by atoms with Crippen molar-refractivity contribution >= 4 is 33.1 Å². The number of aromatic nitrogens is 2. The number of fused-ring (bicyclic) bond motifs is 3. The lowest BCUT2D eigenvalue weighted by Crippen LogP contribution is -2.09. The van der Waals surface area contributed by atoms with Gasteiger partial charge in [-0.2, -0.15) is 0 Å². The number of hydrogen-bond acceptors (Lipinski definition) is 5. The summed E-state index contributed by atoms with van der Waals surface area (Å²) in [6.45, 7) is 3.77. The Balaban J connectivity index is 1.77. The molecule has 0 fully saturated rings. The molecule has 0 bridgehead atoms. The molecule has 6 heteroatoms. The van der Waals surface area contributed by atoms with E-state index in [-0.39, 0.29) is 5.91 Å². The molecule has 5 nitrogen and oxygen atoms in total. The minimum atomic E-state index is -0.134. The Hall–Kier alpha value is -2.47. The monoisotopic (exact) mass is 353 g/mol. The molecule has 2 aromatic heterocycles. The van der Waals surface area contributed by atoms with Gasteiger partial charge in [-0.3, -0.25) is 4.79 Å². The van der Waals surface area contributed by atoms with E-state index in [0.717, 1.165) is 23.1 Å². The van der Waals surface area contributed by atoms with Gasteiger partial charge >= 0.3 is 0 Å². The van der Waals surface area contributed by atoms with Crippen LogP contribution in [0.15, 0.2) is 30.6 Å². The number of thiophene rings is 1. The minimum Gasteiger partial charge on any atom is -0.436 e. The molecule has 128 valence electrons. The SMILES string of the molecule is CC(=O)Nc1ccccc1Oc1ncnc2sc3c(c12)CC[C@@H](C)C3. The lowest BCUT2D eigenvalue weighted by atomic mass is 9.89. The first-order chi connectivity index (χ1) is 12.1. The van der Waals surface area contributed by atoms with Crippen LogP contribution in [0.1, 0.15) is 30.7 Å². The van der Waals surface area contributed by atoms with E-state index in [1.807, 2.05) is 24.3 Å². The van der Waals surface area contributed by atoms with Crippen molar-refractivity contribution in [2.24, 2.45) is 5.92 Å². The van der Waals surface area contributed by atoms with E-state index in [0.29, 0.717) is 23.2 Å². The molecule has 0 spiro atoms. The molecule has 1 N–H and O–H groups in total. The number of carbonyl (C=O) groups excluding carboxylic acids is 1. The number of anilines is 1. The summed E-state index contributed by atoms with van der Waals surface area (Å²) in [5.41, 5.74) is 1.96. The van der Waals surface area contributed by atoms with Gasteiger partial charge in [0.1, 0.15) is 11.2 Å². The third-order valence-corrected chi connectivity index (χ3v) is 5.62. The maximum atomic E-state index is 11.4. The van der Waals surface area contributed by atoms with E-state index in [1.54, 1.807) is 17.7 Å². The fraction of sp³-hybridized carbons (Fsp3) is 0.316. The van der Waals surface area contributed by atoms with E-state index < -0.39 is 0 Å². The Kier molecular flexibility index (Phi) is 4.13. The second-order valence-electron chi connectivity index (χ2n) is 6.49. The maximum Gasteiger partial charge on any atom is 0.231 e. The Labute approximate surface area is 150 Å². The molecule has 0 saturated carbocycles. The Bertz CT molecular complexity index is 951. The van der Waals surface area contributed by atoms with Gasteiger partial charge in [-0.25, -0.2) is 9.97 Å². The van der Waals surface area contributed by atoms with Crippen molar-refractivity contribution < 1.29 is 9.53 Å². The van der Waals surface area contributed by atoms with Crippen molar-refractivity contribution in [3.8, 4) is 11.6 Å². The van der Waals surface area contributed by atoms with Gasteiger partial charge in [-0.05, 0) is 42.9 Å². The second kappa shape index (κ2) is 6.44. The molecule has 1 amide bonds. The van der Waals surface area contributed by atoms with E-state index >= 15 is 0 Å². The van der Waals surface area contributed by atoms with Gasteiger partial charge in [0.2, 0.25) is 11.8 Å². The van der Waals surface area contributed by atoms with E-state index in [1.165, 1.54) is 23.8 Å². The molecule has 1 aliphatic carbocycles. The molecule has 0 saturated heterocycles. The first kappa shape index (κ1) is 16.0. The molecule has 1 aliphatic rings. The summed E-state index contributed by atoms with van der Waals surface area (Å²) in [7, 11) is 0. The summed E-state index contributed by atoms with van der Waals surface area (Å²) in [4.78, 5) is 22.6. The first-order valence-corrected chi connectivity index (χ1v) is 9.23. The van der Waals surface area contributed by atoms with Crippen molar-refractivity contribution in [3.63, 3.8) is 0 Å². The highest BCUT2D eigenvalue weighted by atomic mass is 32.1. The second-order valence-corrected chi connectivity index (χ2v) is 7.57. The van der Waals surface area contributed by atoms with Crippen LogP contribution in [0.25, 0.3) is 10.2 Å². The van der Waals surface area contributed by atoms with E-state index in [2.05, 4.69) is 22.2 Å². The molecular formula is C19H19N3O2S. The van der Waals surface area contributed by atoms with Gasteiger partial charge in [0.25, 0.3) is 0 Å². The zero-order valence-electron chi connectivity index (χ0n) is 14.2. The minimum absolute atomic E-state index is 0.134. The first-order valence-electron chi connectivity index (χ1n) is 8.41. The fourth-order valence-electron chi connectivity index (χ4n) is 3.28. The van der Waals surface area contributed by atoms with Gasteiger partial charge in [0.05, 0.1) is 11.1 Å².